The number of anilines is 1. The Labute approximate surface area is 92.6 Å². The van der Waals surface area contributed by atoms with E-state index in [1.165, 1.54) is 0 Å². The van der Waals surface area contributed by atoms with Gasteiger partial charge in [-0.05, 0) is 37.3 Å². The van der Waals surface area contributed by atoms with Crippen LogP contribution in [-0.2, 0) is 17.6 Å². The smallest absolute Gasteiger partial charge is 0.296 e. The van der Waals surface area contributed by atoms with E-state index in [1.54, 1.807) is 6.92 Å². The number of aryl methyl sites for hydroxylation is 2. The zero-order valence-corrected chi connectivity index (χ0v) is 8.95. The van der Waals surface area contributed by atoms with Gasteiger partial charge >= 0.3 is 0 Å². The van der Waals surface area contributed by atoms with Crippen LogP contribution in [-0.4, -0.2) is 11.3 Å². The van der Waals surface area contributed by atoms with Crippen molar-refractivity contribution in [2.24, 2.45) is 0 Å². The van der Waals surface area contributed by atoms with E-state index in [2.05, 4.69) is 5.32 Å². The van der Waals surface area contributed by atoms with Gasteiger partial charge in [0.05, 0.1) is 4.92 Å². The maximum absolute atomic E-state index is 11.1. The van der Waals surface area contributed by atoms with Crippen molar-refractivity contribution >= 4 is 17.8 Å². The number of benzene rings is 1. The van der Waals surface area contributed by atoms with Gasteiger partial charge in [0.1, 0.15) is 5.69 Å². The molecule has 0 aromatic heterocycles. The maximum atomic E-state index is 11.1. The van der Waals surface area contributed by atoms with Crippen LogP contribution in [0.4, 0.5) is 11.4 Å². The molecule has 1 aliphatic carbocycles. The summed E-state index contributed by atoms with van der Waals surface area (Å²) in [7, 11) is 0. The van der Waals surface area contributed by atoms with Gasteiger partial charge in [0.25, 0.3) is 5.69 Å². The van der Waals surface area contributed by atoms with Gasteiger partial charge in [-0.25, -0.2) is 0 Å². The van der Waals surface area contributed by atoms with Gasteiger partial charge in [-0.2, -0.15) is 0 Å². The Hall–Kier alpha value is -1.91. The molecule has 84 valence electrons. The van der Waals surface area contributed by atoms with E-state index in [1.807, 2.05) is 6.07 Å². The Balaban J connectivity index is 2.68. The second-order valence-corrected chi connectivity index (χ2v) is 3.93. The molecule has 0 saturated carbocycles. The Morgan fingerprint density at radius 2 is 2.25 bits per heavy atom. The average molecular weight is 220 g/mol. The van der Waals surface area contributed by atoms with Gasteiger partial charge in [-0.3, -0.25) is 14.9 Å². The molecule has 0 unspecified atom stereocenters. The number of rotatable bonds is 3. The molecule has 5 nitrogen and oxygen atoms in total. The summed E-state index contributed by atoms with van der Waals surface area (Å²) in [4.78, 5) is 21.1. The minimum atomic E-state index is -0.400. The van der Waals surface area contributed by atoms with E-state index in [9.17, 15) is 14.9 Å². The highest BCUT2D eigenvalue weighted by molar-refractivity contribution is 5.82. The molecule has 1 aromatic carbocycles. The Morgan fingerprint density at radius 3 is 2.88 bits per heavy atom. The molecule has 1 aromatic rings. The van der Waals surface area contributed by atoms with E-state index >= 15 is 0 Å². The lowest BCUT2D eigenvalue weighted by molar-refractivity contribution is -0.384. The summed E-state index contributed by atoms with van der Waals surface area (Å²) in [5.74, 6) is 0. The van der Waals surface area contributed by atoms with Crippen molar-refractivity contribution in [2.45, 2.75) is 26.2 Å². The molecule has 0 radical (unpaired) electrons. The van der Waals surface area contributed by atoms with E-state index in [0.717, 1.165) is 36.0 Å². The first kappa shape index (κ1) is 10.6. The number of fused-ring (bicyclic) bond motifs is 1. The predicted molar refractivity (Wildman–Crippen MR) is 59.5 cm³/mol. The van der Waals surface area contributed by atoms with Crippen LogP contribution in [0.1, 0.15) is 23.1 Å². The topological polar surface area (TPSA) is 72.2 Å². The minimum Gasteiger partial charge on any atom is -0.323 e. The minimum absolute atomic E-state index is 0.0691. The van der Waals surface area contributed by atoms with Gasteiger partial charge in [-0.15, -0.1) is 0 Å². The molecule has 5 heteroatoms. The van der Waals surface area contributed by atoms with E-state index in [0.29, 0.717) is 12.1 Å². The third kappa shape index (κ3) is 1.54. The van der Waals surface area contributed by atoms with Crippen molar-refractivity contribution < 1.29 is 9.72 Å². The van der Waals surface area contributed by atoms with Crippen LogP contribution in [0.25, 0.3) is 0 Å². The van der Waals surface area contributed by atoms with Gasteiger partial charge < -0.3 is 5.32 Å². The predicted octanol–water partition coefficient (Wildman–Crippen LogP) is 1.96. The number of nitrogens with one attached hydrogen (secondary N) is 1. The summed E-state index contributed by atoms with van der Waals surface area (Å²) in [5, 5.41) is 13.5. The Bertz CT molecular complexity index is 469. The van der Waals surface area contributed by atoms with Crippen molar-refractivity contribution in [3.05, 3.63) is 32.9 Å². The number of carbonyl (C=O) groups is 1. The van der Waals surface area contributed by atoms with Crippen LogP contribution < -0.4 is 5.32 Å². The van der Waals surface area contributed by atoms with Gasteiger partial charge in [-0.1, -0.05) is 6.07 Å². The molecule has 0 bridgehead atoms. The highest BCUT2D eigenvalue weighted by atomic mass is 16.6. The van der Waals surface area contributed by atoms with Crippen LogP contribution in [0.2, 0.25) is 0 Å². The second kappa shape index (κ2) is 3.92. The van der Waals surface area contributed by atoms with Gasteiger partial charge in [0.2, 0.25) is 6.41 Å². The van der Waals surface area contributed by atoms with Crippen LogP contribution in [0.3, 0.4) is 0 Å². The van der Waals surface area contributed by atoms with Crippen molar-refractivity contribution in [3.63, 3.8) is 0 Å². The third-order valence-electron chi connectivity index (χ3n) is 2.95. The largest absolute Gasteiger partial charge is 0.323 e. The summed E-state index contributed by atoms with van der Waals surface area (Å²) < 4.78 is 0. The zero-order chi connectivity index (χ0) is 11.7. The summed E-state index contributed by atoms with van der Waals surface area (Å²) in [6.07, 6.45) is 3.04. The van der Waals surface area contributed by atoms with E-state index in [-0.39, 0.29) is 5.69 Å². The maximum Gasteiger partial charge on any atom is 0.296 e. The first-order valence-corrected chi connectivity index (χ1v) is 5.15. The quantitative estimate of drug-likeness (QED) is 0.480. The molecule has 0 atom stereocenters. The fourth-order valence-electron chi connectivity index (χ4n) is 2.31. The standard InChI is InChI=1S/C11H12N2O3/c1-7-5-8-3-2-4-9(8)11(13(15)16)10(7)12-6-14/h5-6H,2-4H2,1H3,(H,12,14). The molecular formula is C11H12N2O3. The highest BCUT2D eigenvalue weighted by Gasteiger charge is 2.27. The number of nitro benzene ring substituents is 1. The summed E-state index contributed by atoms with van der Waals surface area (Å²) in [6.45, 7) is 1.78. The first-order chi connectivity index (χ1) is 7.65. The molecule has 1 aliphatic rings. The number of nitro groups is 1. The normalized spacial score (nSPS) is 13.3. The molecule has 1 amide bonds. The summed E-state index contributed by atoms with van der Waals surface area (Å²) in [6, 6.07) is 1.93. The van der Waals surface area contributed by atoms with Crippen molar-refractivity contribution in [3.8, 4) is 0 Å². The number of hydrogen-bond acceptors (Lipinski definition) is 3. The molecule has 2 rings (SSSR count). The van der Waals surface area contributed by atoms with Crippen molar-refractivity contribution in [1.82, 2.24) is 0 Å². The average Bonchev–Trinajstić information content (AvgIpc) is 2.65. The SMILES string of the molecule is Cc1cc2c(c([N+](=O)[O-])c1NC=O)CCC2. The van der Waals surface area contributed by atoms with Gasteiger partial charge in [0, 0.05) is 5.56 Å². The molecule has 0 saturated heterocycles. The second-order valence-electron chi connectivity index (χ2n) is 3.93. The van der Waals surface area contributed by atoms with Crippen LogP contribution >= 0.6 is 0 Å². The lowest BCUT2D eigenvalue weighted by atomic mass is 10.0. The molecule has 0 heterocycles. The molecule has 0 aliphatic heterocycles. The number of hydrogen-bond donors (Lipinski definition) is 1. The summed E-state index contributed by atoms with van der Waals surface area (Å²) >= 11 is 0. The number of amides is 1. The van der Waals surface area contributed by atoms with Crippen molar-refractivity contribution in [1.29, 1.82) is 0 Å². The fraction of sp³-hybridized carbons (Fsp3) is 0.364. The first-order valence-electron chi connectivity index (χ1n) is 5.15. The molecule has 16 heavy (non-hydrogen) atoms. The Morgan fingerprint density at radius 1 is 1.50 bits per heavy atom. The lowest BCUT2D eigenvalue weighted by Crippen LogP contribution is -2.05. The zero-order valence-electron chi connectivity index (χ0n) is 8.95. The monoisotopic (exact) mass is 220 g/mol. The molecule has 0 fully saturated rings. The molecular weight excluding hydrogens is 208 g/mol. The van der Waals surface area contributed by atoms with Gasteiger partial charge in [0.15, 0.2) is 0 Å². The van der Waals surface area contributed by atoms with Crippen LogP contribution in [0, 0.1) is 17.0 Å². The number of carbonyl (C=O) groups excluding carboxylic acids is 1. The lowest BCUT2D eigenvalue weighted by Gasteiger charge is -2.09. The summed E-state index contributed by atoms with van der Waals surface area (Å²) in [5.41, 5.74) is 2.97. The molecule has 0 spiro atoms. The van der Waals surface area contributed by atoms with Crippen LogP contribution in [0.15, 0.2) is 6.07 Å². The Kier molecular flexibility index (Phi) is 2.60. The number of nitrogens with zero attached hydrogens (tertiary/aromatic N) is 1. The van der Waals surface area contributed by atoms with Crippen LogP contribution in [0.5, 0.6) is 0 Å². The fourth-order valence-corrected chi connectivity index (χ4v) is 2.31. The van der Waals surface area contributed by atoms with Crippen molar-refractivity contribution in [2.75, 3.05) is 5.32 Å². The van der Waals surface area contributed by atoms with E-state index in [4.69, 9.17) is 0 Å². The van der Waals surface area contributed by atoms with E-state index < -0.39 is 4.92 Å². The third-order valence-corrected chi connectivity index (χ3v) is 2.95. The molecule has 1 N–H and O–H groups in total. The highest BCUT2D eigenvalue weighted by Crippen LogP contribution is 2.38.